The maximum atomic E-state index is 4.92. The number of aromatic nitrogens is 8. The lowest BCUT2D eigenvalue weighted by Crippen LogP contribution is -2.44. The molecule has 1 aliphatic rings. The normalized spacial score (nSPS) is 15.2. The summed E-state index contributed by atoms with van der Waals surface area (Å²) in [5.74, 6) is 0.700. The number of hydrogen-bond donors (Lipinski definition) is 2. The van der Waals surface area contributed by atoms with Gasteiger partial charge in [0.1, 0.15) is 17.5 Å². The molecule has 0 saturated carbocycles. The summed E-state index contributed by atoms with van der Waals surface area (Å²) in [5, 5.41) is 8.51. The van der Waals surface area contributed by atoms with Gasteiger partial charge in [-0.1, -0.05) is 0 Å². The number of pyridine rings is 2. The molecule has 31 heavy (non-hydrogen) atoms. The van der Waals surface area contributed by atoms with Crippen LogP contribution in [-0.2, 0) is 0 Å². The van der Waals surface area contributed by atoms with Crippen LogP contribution in [0.2, 0.25) is 0 Å². The van der Waals surface area contributed by atoms with Crippen LogP contribution in [0.15, 0.2) is 43.4 Å². The summed E-state index contributed by atoms with van der Waals surface area (Å²) in [7, 11) is 2.15. The molecule has 0 bridgehead atoms. The highest BCUT2D eigenvalue weighted by atomic mass is 15.3. The van der Waals surface area contributed by atoms with E-state index in [4.69, 9.17) is 4.98 Å². The van der Waals surface area contributed by atoms with Crippen molar-refractivity contribution < 1.29 is 0 Å². The lowest BCUT2D eigenvalue weighted by Gasteiger charge is -2.33. The standard InChI is InChI=1S/C21H20N10/c1-30-2-4-31(5-3-30)18-11-22-9-17-20(18)27-21(26-17)19-14-6-15(13-7-23-12-24-8-13)25-10-16(14)28-29-19/h6-12H,2-5H2,1H3,(H,26,27)(H,28,29). The molecule has 0 aromatic carbocycles. The average Bonchev–Trinajstić information content (AvgIpc) is 3.43. The van der Waals surface area contributed by atoms with Gasteiger partial charge >= 0.3 is 0 Å². The maximum Gasteiger partial charge on any atom is 0.159 e. The zero-order valence-electron chi connectivity index (χ0n) is 16.9. The average molecular weight is 412 g/mol. The van der Waals surface area contributed by atoms with Crippen LogP contribution in [0.3, 0.4) is 0 Å². The molecule has 154 valence electrons. The largest absolute Gasteiger partial charge is 0.366 e. The number of nitrogens with one attached hydrogen (secondary N) is 2. The van der Waals surface area contributed by atoms with Crippen molar-refractivity contribution in [2.75, 3.05) is 38.1 Å². The zero-order chi connectivity index (χ0) is 20.8. The van der Waals surface area contributed by atoms with Crippen LogP contribution in [0.1, 0.15) is 0 Å². The molecule has 0 aliphatic carbocycles. The number of nitrogens with zero attached hydrogens (tertiary/aromatic N) is 8. The van der Waals surface area contributed by atoms with Crippen LogP contribution in [-0.4, -0.2) is 78.2 Å². The predicted octanol–water partition coefficient (Wildman–Crippen LogP) is 2.10. The van der Waals surface area contributed by atoms with Crippen molar-refractivity contribution in [1.29, 1.82) is 0 Å². The molecule has 1 aliphatic heterocycles. The van der Waals surface area contributed by atoms with E-state index in [1.165, 1.54) is 6.33 Å². The van der Waals surface area contributed by atoms with Gasteiger partial charge in [0.05, 0.1) is 41.0 Å². The molecular weight excluding hydrogens is 392 g/mol. The predicted molar refractivity (Wildman–Crippen MR) is 118 cm³/mol. The number of anilines is 1. The third-order valence-electron chi connectivity index (χ3n) is 5.75. The van der Waals surface area contributed by atoms with Gasteiger partial charge in [-0.05, 0) is 13.1 Å². The Kier molecular flexibility index (Phi) is 4.10. The fourth-order valence-corrected chi connectivity index (χ4v) is 4.00. The quantitative estimate of drug-likeness (QED) is 0.463. The topological polar surface area (TPSA) is 115 Å². The lowest BCUT2D eigenvalue weighted by atomic mass is 10.1. The number of fused-ring (bicyclic) bond motifs is 2. The molecule has 2 N–H and O–H groups in total. The summed E-state index contributed by atoms with van der Waals surface area (Å²) in [6.07, 6.45) is 10.5. The number of imidazole rings is 1. The van der Waals surface area contributed by atoms with E-state index in [2.05, 4.69) is 52.0 Å². The number of hydrogen-bond acceptors (Lipinski definition) is 8. The lowest BCUT2D eigenvalue weighted by molar-refractivity contribution is 0.313. The third kappa shape index (κ3) is 3.08. The maximum absolute atomic E-state index is 4.92. The summed E-state index contributed by atoms with van der Waals surface area (Å²) < 4.78 is 0. The first-order chi connectivity index (χ1) is 15.3. The Bertz CT molecular complexity index is 1370. The Labute approximate surface area is 177 Å². The second-order valence-corrected chi connectivity index (χ2v) is 7.75. The van der Waals surface area contributed by atoms with E-state index in [0.717, 1.165) is 70.8 Å². The van der Waals surface area contributed by atoms with Crippen molar-refractivity contribution in [3.05, 3.63) is 43.4 Å². The summed E-state index contributed by atoms with van der Waals surface area (Å²) >= 11 is 0. The molecule has 5 aromatic heterocycles. The van der Waals surface area contributed by atoms with Crippen molar-refractivity contribution >= 4 is 27.6 Å². The molecular formula is C21H20N10. The molecule has 5 aromatic rings. The molecule has 6 rings (SSSR count). The Morgan fingerprint density at radius 3 is 2.58 bits per heavy atom. The minimum atomic E-state index is 0.700. The third-order valence-corrected chi connectivity index (χ3v) is 5.75. The van der Waals surface area contributed by atoms with Gasteiger partial charge in [-0.2, -0.15) is 5.10 Å². The number of likely N-dealkylation sites (N-methyl/N-ethyl adjacent to an activating group) is 1. The van der Waals surface area contributed by atoms with E-state index < -0.39 is 0 Å². The van der Waals surface area contributed by atoms with Crippen LogP contribution < -0.4 is 4.90 Å². The number of aromatic amines is 2. The van der Waals surface area contributed by atoms with E-state index in [-0.39, 0.29) is 0 Å². The first-order valence-electron chi connectivity index (χ1n) is 10.1. The summed E-state index contributed by atoms with van der Waals surface area (Å²) in [5.41, 5.74) is 6.08. The van der Waals surface area contributed by atoms with Crippen LogP contribution in [0.25, 0.3) is 44.7 Å². The Balaban J connectivity index is 1.44. The molecule has 0 unspecified atom stereocenters. The van der Waals surface area contributed by atoms with E-state index in [1.54, 1.807) is 18.6 Å². The highest BCUT2D eigenvalue weighted by molar-refractivity contribution is 5.96. The second kappa shape index (κ2) is 7.10. The molecule has 0 spiro atoms. The van der Waals surface area contributed by atoms with Crippen molar-refractivity contribution in [3.8, 4) is 22.8 Å². The number of rotatable bonds is 3. The molecule has 0 radical (unpaired) electrons. The van der Waals surface area contributed by atoms with E-state index in [9.17, 15) is 0 Å². The summed E-state index contributed by atoms with van der Waals surface area (Å²) in [4.78, 5) is 30.1. The van der Waals surface area contributed by atoms with Gasteiger partial charge in [0, 0.05) is 49.5 Å². The van der Waals surface area contributed by atoms with Gasteiger partial charge in [-0.25, -0.2) is 15.0 Å². The second-order valence-electron chi connectivity index (χ2n) is 7.75. The van der Waals surface area contributed by atoms with E-state index in [0.29, 0.717) is 5.82 Å². The molecule has 0 amide bonds. The van der Waals surface area contributed by atoms with Gasteiger partial charge in [-0.3, -0.25) is 15.1 Å². The van der Waals surface area contributed by atoms with Crippen molar-refractivity contribution in [2.45, 2.75) is 0 Å². The Hall–Kier alpha value is -3.92. The molecule has 10 nitrogen and oxygen atoms in total. The molecule has 1 fully saturated rings. The SMILES string of the molecule is CN1CCN(c2cncc3[nH]c(-c4n[nH]c5cnc(-c6cncnc6)cc45)nc23)CC1. The molecule has 6 heterocycles. The van der Waals surface area contributed by atoms with E-state index >= 15 is 0 Å². The van der Waals surface area contributed by atoms with Crippen LogP contribution in [0.4, 0.5) is 5.69 Å². The number of H-pyrrole nitrogens is 2. The Morgan fingerprint density at radius 1 is 0.903 bits per heavy atom. The fraction of sp³-hybridized carbons (Fsp3) is 0.238. The van der Waals surface area contributed by atoms with Crippen LogP contribution in [0, 0.1) is 0 Å². The minimum Gasteiger partial charge on any atom is -0.366 e. The summed E-state index contributed by atoms with van der Waals surface area (Å²) in [6, 6.07) is 1.99. The van der Waals surface area contributed by atoms with Gasteiger partial charge < -0.3 is 14.8 Å². The molecule has 1 saturated heterocycles. The minimum absolute atomic E-state index is 0.700. The van der Waals surface area contributed by atoms with Crippen molar-refractivity contribution in [2.24, 2.45) is 0 Å². The van der Waals surface area contributed by atoms with Gasteiger partial charge in [-0.15, -0.1) is 0 Å². The zero-order valence-corrected chi connectivity index (χ0v) is 16.9. The first kappa shape index (κ1) is 17.9. The molecule has 10 heteroatoms. The van der Waals surface area contributed by atoms with Gasteiger partial charge in [0.25, 0.3) is 0 Å². The highest BCUT2D eigenvalue weighted by Gasteiger charge is 2.20. The van der Waals surface area contributed by atoms with Crippen LogP contribution >= 0.6 is 0 Å². The fourth-order valence-electron chi connectivity index (χ4n) is 4.00. The smallest absolute Gasteiger partial charge is 0.159 e. The van der Waals surface area contributed by atoms with Crippen LogP contribution in [0.5, 0.6) is 0 Å². The monoisotopic (exact) mass is 412 g/mol. The van der Waals surface area contributed by atoms with E-state index in [1.807, 2.05) is 18.5 Å². The van der Waals surface area contributed by atoms with Gasteiger partial charge in [0.2, 0.25) is 0 Å². The van der Waals surface area contributed by atoms with Crippen molar-refractivity contribution in [3.63, 3.8) is 0 Å². The highest BCUT2D eigenvalue weighted by Crippen LogP contribution is 2.31. The first-order valence-corrected chi connectivity index (χ1v) is 10.1. The number of piperazine rings is 1. The Morgan fingerprint density at radius 2 is 1.74 bits per heavy atom. The van der Waals surface area contributed by atoms with Gasteiger partial charge in [0.15, 0.2) is 5.82 Å². The van der Waals surface area contributed by atoms with Crippen molar-refractivity contribution in [1.82, 2.24) is 45.0 Å². The summed E-state index contributed by atoms with van der Waals surface area (Å²) in [6.45, 7) is 3.96. The molecule has 0 atom stereocenters.